The highest BCUT2D eigenvalue weighted by Crippen LogP contribution is 2.20. The van der Waals surface area contributed by atoms with Gasteiger partial charge in [-0.25, -0.2) is 4.39 Å². The Hall–Kier alpha value is -1.14. The number of hydrogen-bond acceptors (Lipinski definition) is 3. The van der Waals surface area contributed by atoms with Gasteiger partial charge in [-0.2, -0.15) is 8.42 Å². The minimum absolute atomic E-state index is 0.138. The number of rotatable bonds is 3. The van der Waals surface area contributed by atoms with E-state index in [-0.39, 0.29) is 11.9 Å². The van der Waals surface area contributed by atoms with Gasteiger partial charge in [-0.15, -0.1) is 0 Å². The summed E-state index contributed by atoms with van der Waals surface area (Å²) < 4.78 is 48.3. The molecule has 1 rings (SSSR count). The normalized spacial score (nSPS) is 11.8. The van der Waals surface area contributed by atoms with Gasteiger partial charge in [0.1, 0.15) is 16.5 Å². The van der Waals surface area contributed by atoms with Crippen LogP contribution < -0.4 is 4.74 Å². The third kappa shape index (κ3) is 3.17. The molecule has 0 aliphatic heterocycles. The molecule has 15 heavy (non-hydrogen) atoms. The summed E-state index contributed by atoms with van der Waals surface area (Å²) in [5.74, 6) is -0.814. The van der Waals surface area contributed by atoms with E-state index in [1.54, 1.807) is 13.8 Å². The molecule has 0 atom stereocenters. The Kier molecular flexibility index (Phi) is 3.31. The van der Waals surface area contributed by atoms with Crippen molar-refractivity contribution < 1.29 is 22.1 Å². The lowest BCUT2D eigenvalue weighted by molar-refractivity contribution is 0.241. The highest BCUT2D eigenvalue weighted by atomic mass is 32.2. The lowest BCUT2D eigenvalue weighted by Gasteiger charge is -2.10. The van der Waals surface area contributed by atoms with E-state index in [0.29, 0.717) is 0 Å². The van der Waals surface area contributed by atoms with Crippen molar-refractivity contribution in [3.05, 3.63) is 24.0 Å². The summed E-state index contributed by atoms with van der Waals surface area (Å²) in [5.41, 5.74) is 0. The second-order valence-electron chi connectivity index (χ2n) is 3.23. The van der Waals surface area contributed by atoms with E-state index >= 15 is 0 Å². The smallest absolute Gasteiger partial charge is 0.297 e. The first-order valence-electron chi connectivity index (χ1n) is 4.24. The van der Waals surface area contributed by atoms with Crippen LogP contribution in [0.1, 0.15) is 13.8 Å². The molecular formula is C9H11FO4S. The summed E-state index contributed by atoms with van der Waals surface area (Å²) in [5, 5.41) is 0. The molecule has 0 radical (unpaired) electrons. The molecular weight excluding hydrogens is 223 g/mol. The molecule has 1 aromatic rings. The van der Waals surface area contributed by atoms with Crippen molar-refractivity contribution in [3.63, 3.8) is 0 Å². The molecule has 0 amide bonds. The van der Waals surface area contributed by atoms with E-state index in [4.69, 9.17) is 9.29 Å². The van der Waals surface area contributed by atoms with Crippen LogP contribution in [-0.4, -0.2) is 19.1 Å². The van der Waals surface area contributed by atoms with Gasteiger partial charge in [0.05, 0.1) is 6.10 Å². The summed E-state index contributed by atoms with van der Waals surface area (Å²) >= 11 is 0. The fourth-order valence-electron chi connectivity index (χ4n) is 1.04. The second-order valence-corrected chi connectivity index (χ2v) is 4.62. The maximum Gasteiger partial charge on any atom is 0.297 e. The van der Waals surface area contributed by atoms with Crippen LogP contribution in [-0.2, 0) is 10.1 Å². The van der Waals surface area contributed by atoms with Crippen molar-refractivity contribution in [2.75, 3.05) is 0 Å². The quantitative estimate of drug-likeness (QED) is 0.811. The van der Waals surface area contributed by atoms with Crippen LogP contribution in [0.25, 0.3) is 0 Å². The van der Waals surface area contributed by atoms with Crippen molar-refractivity contribution in [1.29, 1.82) is 0 Å². The molecule has 0 unspecified atom stereocenters. The Morgan fingerprint density at radius 3 is 2.40 bits per heavy atom. The molecule has 0 heterocycles. The zero-order chi connectivity index (χ0) is 11.6. The zero-order valence-electron chi connectivity index (χ0n) is 8.27. The second kappa shape index (κ2) is 4.16. The topological polar surface area (TPSA) is 63.6 Å². The van der Waals surface area contributed by atoms with Crippen molar-refractivity contribution in [1.82, 2.24) is 0 Å². The molecule has 0 fully saturated rings. The van der Waals surface area contributed by atoms with E-state index in [0.717, 1.165) is 12.1 Å². The predicted octanol–water partition coefficient (Wildman–Crippen LogP) is 1.86. The minimum Gasteiger partial charge on any atom is -0.491 e. The van der Waals surface area contributed by atoms with Gasteiger partial charge < -0.3 is 4.74 Å². The van der Waals surface area contributed by atoms with Crippen molar-refractivity contribution in [3.8, 4) is 5.75 Å². The summed E-state index contributed by atoms with van der Waals surface area (Å²) in [4.78, 5) is -0.751. The molecule has 84 valence electrons. The van der Waals surface area contributed by atoms with Gasteiger partial charge in [-0.1, -0.05) is 0 Å². The zero-order valence-corrected chi connectivity index (χ0v) is 9.08. The minimum atomic E-state index is -4.51. The van der Waals surface area contributed by atoms with Gasteiger partial charge in [0.2, 0.25) is 0 Å². The van der Waals surface area contributed by atoms with Crippen LogP contribution in [0.2, 0.25) is 0 Å². The van der Waals surface area contributed by atoms with Crippen LogP contribution >= 0.6 is 0 Å². The molecule has 0 saturated heterocycles. The first-order valence-corrected chi connectivity index (χ1v) is 5.68. The highest BCUT2D eigenvalue weighted by molar-refractivity contribution is 7.85. The van der Waals surface area contributed by atoms with E-state index < -0.39 is 20.8 Å². The van der Waals surface area contributed by atoms with E-state index in [1.807, 2.05) is 0 Å². The van der Waals surface area contributed by atoms with Crippen molar-refractivity contribution in [2.24, 2.45) is 0 Å². The Labute approximate surface area is 87.4 Å². The van der Waals surface area contributed by atoms with E-state index in [2.05, 4.69) is 0 Å². The Bertz CT molecular complexity index is 453. The molecule has 0 aliphatic carbocycles. The van der Waals surface area contributed by atoms with Crippen molar-refractivity contribution >= 4 is 10.1 Å². The fourth-order valence-corrected chi connectivity index (χ4v) is 1.58. The molecule has 1 N–H and O–H groups in total. The number of benzene rings is 1. The third-order valence-electron chi connectivity index (χ3n) is 1.55. The summed E-state index contributed by atoms with van der Waals surface area (Å²) in [7, 11) is -4.51. The third-order valence-corrected chi connectivity index (χ3v) is 2.44. The van der Waals surface area contributed by atoms with E-state index in [9.17, 15) is 12.8 Å². The summed E-state index contributed by atoms with van der Waals surface area (Å²) in [6.45, 7) is 3.52. The first-order chi connectivity index (χ1) is 6.80. The van der Waals surface area contributed by atoms with Crippen LogP contribution in [0, 0.1) is 5.82 Å². The van der Waals surface area contributed by atoms with Gasteiger partial charge in [0.15, 0.2) is 0 Å². The van der Waals surface area contributed by atoms with E-state index in [1.165, 1.54) is 6.07 Å². The number of halogens is 1. The number of hydrogen-bond donors (Lipinski definition) is 1. The molecule has 1 aromatic carbocycles. The monoisotopic (exact) mass is 234 g/mol. The average Bonchev–Trinajstić information content (AvgIpc) is 1.99. The molecule has 0 aliphatic rings. The van der Waals surface area contributed by atoms with Crippen LogP contribution in [0.15, 0.2) is 23.1 Å². The Balaban J connectivity index is 3.09. The first kappa shape index (κ1) is 11.9. The lowest BCUT2D eigenvalue weighted by Crippen LogP contribution is -2.07. The van der Waals surface area contributed by atoms with Gasteiger partial charge in [-0.3, -0.25) is 4.55 Å². The van der Waals surface area contributed by atoms with Crippen LogP contribution in [0.3, 0.4) is 0 Å². The summed E-state index contributed by atoms with van der Waals surface area (Å²) in [6.07, 6.45) is -0.138. The Morgan fingerprint density at radius 1 is 1.40 bits per heavy atom. The maximum absolute atomic E-state index is 13.2. The van der Waals surface area contributed by atoms with Gasteiger partial charge >= 0.3 is 0 Å². The van der Waals surface area contributed by atoms with Gasteiger partial charge in [0.25, 0.3) is 10.1 Å². The standard InChI is InChI=1S/C9H11FO4S/c1-6(2)14-7-3-4-9(8(10)5-7)15(11,12)13/h3-6H,1-2H3,(H,11,12,13). The lowest BCUT2D eigenvalue weighted by atomic mass is 10.3. The molecule has 0 aromatic heterocycles. The van der Waals surface area contributed by atoms with Gasteiger partial charge in [0, 0.05) is 6.07 Å². The fraction of sp³-hybridized carbons (Fsp3) is 0.333. The SMILES string of the molecule is CC(C)Oc1ccc(S(=O)(=O)O)c(F)c1. The molecule has 4 nitrogen and oxygen atoms in total. The highest BCUT2D eigenvalue weighted by Gasteiger charge is 2.16. The largest absolute Gasteiger partial charge is 0.491 e. The average molecular weight is 234 g/mol. The van der Waals surface area contributed by atoms with Gasteiger partial charge in [-0.05, 0) is 26.0 Å². The maximum atomic E-state index is 13.2. The van der Waals surface area contributed by atoms with Crippen molar-refractivity contribution in [2.45, 2.75) is 24.8 Å². The molecule has 6 heteroatoms. The van der Waals surface area contributed by atoms with Crippen LogP contribution in [0.4, 0.5) is 4.39 Å². The predicted molar refractivity (Wildman–Crippen MR) is 52.0 cm³/mol. The molecule has 0 spiro atoms. The summed E-state index contributed by atoms with van der Waals surface area (Å²) in [6, 6.07) is 3.16. The molecule has 0 bridgehead atoms. The van der Waals surface area contributed by atoms with Crippen LogP contribution in [0.5, 0.6) is 5.75 Å². The number of ether oxygens (including phenoxy) is 1. The molecule has 0 saturated carbocycles. The Morgan fingerprint density at radius 2 is 2.00 bits per heavy atom.